The van der Waals surface area contributed by atoms with Crippen molar-refractivity contribution in [2.45, 2.75) is 0 Å². The van der Waals surface area contributed by atoms with E-state index in [2.05, 4.69) is 0 Å². The molecule has 126 valence electrons. The van der Waals surface area contributed by atoms with Gasteiger partial charge in [-0.25, -0.2) is 0 Å². The highest BCUT2D eigenvalue weighted by Crippen LogP contribution is 2.37. The Kier molecular flexibility index (Phi) is 5.10. The van der Waals surface area contributed by atoms with Crippen molar-refractivity contribution >= 4 is 74.9 Å². The molecule has 0 saturated carbocycles. The molecule has 0 bridgehead atoms. The van der Waals surface area contributed by atoms with E-state index in [9.17, 15) is 14.9 Å². The molecular formula is C16H8Cl2N2O3S2. The molecule has 1 amide bonds. The molecule has 5 nitrogen and oxygen atoms in total. The number of thiocarbonyl (C=S) groups is 1. The van der Waals surface area contributed by atoms with Crippen molar-refractivity contribution in [3.8, 4) is 0 Å². The first-order valence-corrected chi connectivity index (χ1v) is 8.82. The van der Waals surface area contributed by atoms with E-state index in [1.807, 2.05) is 0 Å². The van der Waals surface area contributed by atoms with E-state index in [4.69, 9.17) is 35.4 Å². The molecule has 0 unspecified atom stereocenters. The van der Waals surface area contributed by atoms with Crippen LogP contribution in [0.5, 0.6) is 0 Å². The quantitative estimate of drug-likeness (QED) is 0.297. The van der Waals surface area contributed by atoms with E-state index in [1.54, 1.807) is 36.4 Å². The number of thioether (sulfide) groups is 1. The Balaban J connectivity index is 1.96. The minimum Gasteiger partial charge on any atom is -0.268 e. The smallest absolute Gasteiger partial charge is 0.268 e. The second-order valence-corrected chi connectivity index (χ2v) is 7.48. The number of nitro benzene ring substituents is 1. The summed E-state index contributed by atoms with van der Waals surface area (Å²) in [5.41, 5.74) is 0.837. The van der Waals surface area contributed by atoms with Crippen molar-refractivity contribution in [3.05, 3.63) is 73.1 Å². The molecule has 1 aliphatic heterocycles. The third-order valence-corrected chi connectivity index (χ3v) is 5.18. The van der Waals surface area contributed by atoms with Gasteiger partial charge < -0.3 is 0 Å². The van der Waals surface area contributed by atoms with E-state index >= 15 is 0 Å². The number of nitrogens with zero attached hydrogens (tertiary/aromatic N) is 2. The van der Waals surface area contributed by atoms with Gasteiger partial charge in [0.1, 0.15) is 5.02 Å². The molecule has 0 radical (unpaired) electrons. The van der Waals surface area contributed by atoms with Gasteiger partial charge in [-0.2, -0.15) is 0 Å². The van der Waals surface area contributed by atoms with Crippen molar-refractivity contribution in [2.75, 3.05) is 4.90 Å². The zero-order valence-electron chi connectivity index (χ0n) is 12.3. The fourth-order valence-electron chi connectivity index (χ4n) is 2.22. The summed E-state index contributed by atoms with van der Waals surface area (Å²) < 4.78 is 0.363. The third-order valence-electron chi connectivity index (χ3n) is 3.32. The number of benzene rings is 2. The van der Waals surface area contributed by atoms with Crippen LogP contribution in [-0.2, 0) is 4.79 Å². The maximum atomic E-state index is 12.7. The zero-order valence-corrected chi connectivity index (χ0v) is 15.5. The first-order chi connectivity index (χ1) is 11.9. The summed E-state index contributed by atoms with van der Waals surface area (Å²) in [6.07, 6.45) is 1.55. The lowest BCUT2D eigenvalue weighted by Crippen LogP contribution is -2.27. The number of hydrogen-bond donors (Lipinski definition) is 0. The number of carbonyl (C=O) groups is 1. The highest BCUT2D eigenvalue weighted by molar-refractivity contribution is 8.27. The van der Waals surface area contributed by atoms with Crippen LogP contribution in [0.4, 0.5) is 11.4 Å². The predicted molar refractivity (Wildman–Crippen MR) is 105 cm³/mol. The molecule has 9 heteroatoms. The summed E-state index contributed by atoms with van der Waals surface area (Å²) in [5, 5.41) is 11.5. The number of halogens is 2. The van der Waals surface area contributed by atoms with Crippen molar-refractivity contribution in [3.63, 3.8) is 0 Å². The molecule has 1 aliphatic rings. The fourth-order valence-corrected chi connectivity index (χ4v) is 3.89. The monoisotopic (exact) mass is 410 g/mol. The van der Waals surface area contributed by atoms with Crippen molar-refractivity contribution in [1.29, 1.82) is 0 Å². The molecule has 0 aliphatic carbocycles. The fraction of sp³-hybridized carbons (Fsp3) is 0. The highest BCUT2D eigenvalue weighted by Gasteiger charge is 2.33. The predicted octanol–water partition coefficient (Wildman–Crippen LogP) is 5.31. The Hall–Kier alpha value is -1.93. The number of anilines is 1. The van der Waals surface area contributed by atoms with Gasteiger partial charge in [-0.1, -0.05) is 59.3 Å². The van der Waals surface area contributed by atoms with Gasteiger partial charge in [0.15, 0.2) is 4.32 Å². The van der Waals surface area contributed by atoms with Crippen LogP contribution in [0.2, 0.25) is 10.0 Å². The highest BCUT2D eigenvalue weighted by atomic mass is 35.5. The number of rotatable bonds is 3. The summed E-state index contributed by atoms with van der Waals surface area (Å²) in [5.74, 6) is -0.310. The van der Waals surface area contributed by atoms with Gasteiger partial charge >= 0.3 is 0 Å². The number of amides is 1. The van der Waals surface area contributed by atoms with E-state index < -0.39 is 4.92 Å². The van der Waals surface area contributed by atoms with Gasteiger partial charge in [0.25, 0.3) is 11.6 Å². The van der Waals surface area contributed by atoms with Crippen LogP contribution in [0.1, 0.15) is 5.56 Å². The van der Waals surface area contributed by atoms with Crippen LogP contribution in [0, 0.1) is 10.1 Å². The van der Waals surface area contributed by atoms with E-state index in [0.29, 0.717) is 25.5 Å². The van der Waals surface area contributed by atoms with Gasteiger partial charge in [-0.05, 0) is 35.9 Å². The number of carbonyl (C=O) groups excluding carboxylic acids is 1. The Bertz CT molecular complexity index is 947. The minimum absolute atomic E-state index is 0.0358. The summed E-state index contributed by atoms with van der Waals surface area (Å²) in [6, 6.07) is 11.1. The molecule has 1 fully saturated rings. The van der Waals surface area contributed by atoms with E-state index in [0.717, 1.165) is 11.8 Å². The topological polar surface area (TPSA) is 63.4 Å². The maximum Gasteiger partial charge on any atom is 0.288 e. The molecule has 1 heterocycles. The zero-order chi connectivity index (χ0) is 18.1. The van der Waals surface area contributed by atoms with Crippen LogP contribution in [0.3, 0.4) is 0 Å². The molecular weight excluding hydrogens is 403 g/mol. The van der Waals surface area contributed by atoms with Gasteiger partial charge in [-0.3, -0.25) is 19.8 Å². The molecule has 2 aromatic rings. The van der Waals surface area contributed by atoms with Crippen LogP contribution >= 0.6 is 47.2 Å². The van der Waals surface area contributed by atoms with Crippen molar-refractivity contribution < 1.29 is 9.72 Å². The number of nitro groups is 1. The first kappa shape index (κ1) is 17.9. The Labute approximate surface area is 162 Å². The second kappa shape index (κ2) is 7.13. The molecule has 25 heavy (non-hydrogen) atoms. The van der Waals surface area contributed by atoms with Gasteiger partial charge in [0, 0.05) is 11.1 Å². The van der Waals surface area contributed by atoms with Crippen LogP contribution in [-0.4, -0.2) is 15.2 Å². The summed E-state index contributed by atoms with van der Waals surface area (Å²) in [4.78, 5) is 24.8. The average molecular weight is 411 g/mol. The molecule has 0 atom stereocenters. The van der Waals surface area contributed by atoms with Crippen LogP contribution < -0.4 is 4.90 Å². The number of hydrogen-bond acceptors (Lipinski definition) is 5. The van der Waals surface area contributed by atoms with Gasteiger partial charge in [0.2, 0.25) is 0 Å². The summed E-state index contributed by atoms with van der Waals surface area (Å²) >= 11 is 18.2. The summed E-state index contributed by atoms with van der Waals surface area (Å²) in [7, 11) is 0. The van der Waals surface area contributed by atoms with E-state index in [1.165, 1.54) is 17.0 Å². The normalized spacial score (nSPS) is 15.9. The van der Waals surface area contributed by atoms with Crippen molar-refractivity contribution in [2.24, 2.45) is 0 Å². The summed E-state index contributed by atoms with van der Waals surface area (Å²) in [6.45, 7) is 0. The Morgan fingerprint density at radius 1 is 1.20 bits per heavy atom. The van der Waals surface area contributed by atoms with Crippen LogP contribution in [0.15, 0.2) is 47.4 Å². The average Bonchev–Trinajstić information content (AvgIpc) is 2.83. The minimum atomic E-state index is -0.573. The Morgan fingerprint density at radius 2 is 1.96 bits per heavy atom. The van der Waals surface area contributed by atoms with Crippen molar-refractivity contribution in [1.82, 2.24) is 0 Å². The molecule has 2 aromatic carbocycles. The second-order valence-electron chi connectivity index (χ2n) is 4.96. The maximum absolute atomic E-state index is 12.7. The molecule has 0 N–H and O–H groups in total. The first-order valence-electron chi connectivity index (χ1n) is 6.84. The molecule has 3 rings (SSSR count). The molecule has 1 saturated heterocycles. The van der Waals surface area contributed by atoms with E-state index in [-0.39, 0.29) is 16.6 Å². The lowest BCUT2D eigenvalue weighted by Gasteiger charge is -2.14. The van der Waals surface area contributed by atoms with Crippen LogP contribution in [0.25, 0.3) is 6.08 Å². The standard InChI is InChI=1S/C16H8Cl2N2O3S2/c17-10-2-1-3-11(8-10)19-15(21)14(25-16(19)24)7-9-4-5-12(18)13(6-9)20(22)23/h1-8H/b14-7+. The molecule has 0 aromatic heterocycles. The lowest BCUT2D eigenvalue weighted by molar-refractivity contribution is -0.384. The van der Waals surface area contributed by atoms with Gasteiger partial charge in [-0.15, -0.1) is 0 Å². The Morgan fingerprint density at radius 3 is 2.64 bits per heavy atom. The largest absolute Gasteiger partial charge is 0.288 e. The molecule has 0 spiro atoms. The lowest BCUT2D eigenvalue weighted by atomic mass is 10.2. The third kappa shape index (κ3) is 3.69. The van der Waals surface area contributed by atoms with Gasteiger partial charge in [0.05, 0.1) is 15.5 Å². The SMILES string of the molecule is O=C1/C(=C\c2ccc(Cl)c([N+](=O)[O-])c2)SC(=S)N1c1cccc(Cl)c1.